The fraction of sp³-hybridized carbons (Fsp3) is 0.105. The van der Waals surface area contributed by atoms with Gasteiger partial charge in [-0.05, 0) is 43.3 Å². The van der Waals surface area contributed by atoms with Gasteiger partial charge in [0.25, 0.3) is 11.5 Å². The minimum atomic E-state index is -0.662. The summed E-state index contributed by atoms with van der Waals surface area (Å²) < 4.78 is 4.95. The summed E-state index contributed by atoms with van der Waals surface area (Å²) in [6.07, 6.45) is 1.32. The van der Waals surface area contributed by atoms with E-state index in [-0.39, 0.29) is 39.9 Å². The second kappa shape index (κ2) is 9.09. The van der Waals surface area contributed by atoms with Crippen molar-refractivity contribution in [3.63, 3.8) is 0 Å². The zero-order chi connectivity index (χ0) is 21.7. The Kier molecular flexibility index (Phi) is 6.32. The number of rotatable bonds is 7. The molecule has 2 amide bonds. The van der Waals surface area contributed by atoms with E-state index in [9.17, 15) is 19.2 Å². The molecule has 0 spiro atoms. The number of hydrogen-bond donors (Lipinski definition) is 4. The predicted octanol–water partition coefficient (Wildman–Crippen LogP) is 2.13. The summed E-state index contributed by atoms with van der Waals surface area (Å²) in [5, 5.41) is 5.13. The highest BCUT2D eigenvalue weighted by Gasteiger charge is 2.16. The maximum absolute atomic E-state index is 12.2. The second-order valence-electron chi connectivity index (χ2n) is 6.03. The molecule has 154 valence electrons. The van der Waals surface area contributed by atoms with Gasteiger partial charge >= 0.3 is 0 Å². The van der Waals surface area contributed by atoms with Crippen LogP contribution in [0.1, 0.15) is 27.8 Å². The number of benzene rings is 1. The molecule has 1 aromatic carbocycles. The van der Waals surface area contributed by atoms with Crippen LogP contribution in [0.2, 0.25) is 0 Å². The first-order valence-corrected chi connectivity index (χ1v) is 9.60. The number of nitrogens with one attached hydrogen (secondary N) is 3. The number of aromatic nitrogens is 2. The van der Waals surface area contributed by atoms with Crippen LogP contribution in [0, 0.1) is 0 Å². The number of nitrogens with two attached hydrogens (primary N) is 1. The number of Topliss-reactive ketones (excluding diaryl/α,β-unsaturated/α-hetero) is 1. The third-order valence-corrected chi connectivity index (χ3v) is 4.70. The zero-order valence-electron chi connectivity index (χ0n) is 15.7. The highest BCUT2D eigenvalue weighted by Crippen LogP contribution is 2.18. The van der Waals surface area contributed by atoms with E-state index in [1.165, 1.54) is 25.3 Å². The van der Waals surface area contributed by atoms with E-state index in [0.29, 0.717) is 11.3 Å². The molecule has 0 aliphatic carbocycles. The van der Waals surface area contributed by atoms with Crippen molar-refractivity contribution >= 4 is 46.6 Å². The average Bonchev–Trinajstić information content (AvgIpc) is 3.24. The van der Waals surface area contributed by atoms with E-state index in [0.717, 1.165) is 11.8 Å². The van der Waals surface area contributed by atoms with Gasteiger partial charge < -0.3 is 20.8 Å². The Labute approximate surface area is 174 Å². The van der Waals surface area contributed by atoms with Crippen LogP contribution in [0.25, 0.3) is 0 Å². The van der Waals surface area contributed by atoms with Gasteiger partial charge in [-0.1, -0.05) is 11.8 Å². The van der Waals surface area contributed by atoms with Crippen molar-refractivity contribution in [1.29, 1.82) is 0 Å². The lowest BCUT2D eigenvalue weighted by molar-refractivity contribution is -0.113. The number of thioether (sulfide) groups is 1. The third kappa shape index (κ3) is 5.14. The molecular formula is C19H17N5O5S. The number of carbonyl (C=O) groups excluding carboxylic acids is 3. The Balaban J connectivity index is 1.60. The van der Waals surface area contributed by atoms with Crippen molar-refractivity contribution in [2.24, 2.45) is 0 Å². The summed E-state index contributed by atoms with van der Waals surface area (Å²) in [5.41, 5.74) is 5.97. The number of nitrogens with zero attached hydrogens (tertiary/aromatic N) is 1. The lowest BCUT2D eigenvalue weighted by Crippen LogP contribution is -2.23. The zero-order valence-corrected chi connectivity index (χ0v) is 16.5. The third-order valence-electron chi connectivity index (χ3n) is 3.82. The molecule has 0 radical (unpaired) electrons. The topological polar surface area (TPSA) is 160 Å². The fourth-order valence-electron chi connectivity index (χ4n) is 2.36. The summed E-state index contributed by atoms with van der Waals surface area (Å²) in [4.78, 5) is 54.1. The maximum Gasteiger partial charge on any atom is 0.291 e. The summed E-state index contributed by atoms with van der Waals surface area (Å²) in [6, 6.07) is 9.43. The minimum Gasteiger partial charge on any atom is -0.459 e. The van der Waals surface area contributed by atoms with Crippen molar-refractivity contribution in [2.75, 3.05) is 22.1 Å². The number of anilines is 3. The summed E-state index contributed by atoms with van der Waals surface area (Å²) in [5.74, 6) is -1.28. The number of H-pyrrole nitrogens is 1. The first kappa shape index (κ1) is 20.9. The van der Waals surface area contributed by atoms with Crippen molar-refractivity contribution < 1.29 is 18.8 Å². The molecule has 0 bridgehead atoms. The van der Waals surface area contributed by atoms with Crippen LogP contribution >= 0.6 is 11.8 Å². The molecule has 30 heavy (non-hydrogen) atoms. The Morgan fingerprint density at radius 2 is 1.90 bits per heavy atom. The van der Waals surface area contributed by atoms with Gasteiger partial charge in [0.05, 0.1) is 12.0 Å². The number of carbonyl (C=O) groups is 3. The molecule has 2 heterocycles. The van der Waals surface area contributed by atoms with Gasteiger partial charge in [-0.25, -0.2) is 4.98 Å². The Morgan fingerprint density at radius 3 is 2.50 bits per heavy atom. The molecule has 2 aromatic heterocycles. The number of ketones is 1. The van der Waals surface area contributed by atoms with Gasteiger partial charge in [0.15, 0.2) is 28.2 Å². The van der Waals surface area contributed by atoms with Crippen LogP contribution < -0.4 is 21.9 Å². The lowest BCUT2D eigenvalue weighted by atomic mass is 10.1. The average molecular weight is 427 g/mol. The maximum atomic E-state index is 12.2. The Bertz CT molecular complexity index is 1140. The van der Waals surface area contributed by atoms with Crippen LogP contribution in [0.5, 0.6) is 0 Å². The molecule has 10 nitrogen and oxygen atoms in total. The number of furan rings is 1. The number of amides is 2. The van der Waals surface area contributed by atoms with E-state index in [1.54, 1.807) is 24.3 Å². The number of hydrogen-bond acceptors (Lipinski definition) is 8. The van der Waals surface area contributed by atoms with Crippen LogP contribution in [-0.4, -0.2) is 33.3 Å². The first-order chi connectivity index (χ1) is 14.3. The Morgan fingerprint density at radius 1 is 1.17 bits per heavy atom. The van der Waals surface area contributed by atoms with Gasteiger partial charge in [-0.2, -0.15) is 0 Å². The standard InChI is InChI=1S/C19H17N5O5S/c1-10(25)11-4-6-12(7-5-11)21-14(26)9-30-19-23-16(20)15(18(28)24-19)22-17(27)13-3-2-8-29-13/h2-8H,9H2,1H3,(H,21,26)(H,22,27)(H3,20,23,24,28). The van der Waals surface area contributed by atoms with Crippen LogP contribution in [-0.2, 0) is 4.79 Å². The molecule has 0 aliphatic rings. The Hall–Kier alpha value is -3.86. The van der Waals surface area contributed by atoms with Crippen molar-refractivity contribution in [3.8, 4) is 0 Å². The second-order valence-corrected chi connectivity index (χ2v) is 7.00. The van der Waals surface area contributed by atoms with E-state index in [1.807, 2.05) is 0 Å². The molecule has 5 N–H and O–H groups in total. The largest absolute Gasteiger partial charge is 0.459 e. The van der Waals surface area contributed by atoms with Gasteiger partial charge in [0.2, 0.25) is 5.91 Å². The molecule has 0 aliphatic heterocycles. The fourth-order valence-corrected chi connectivity index (χ4v) is 3.03. The minimum absolute atomic E-state index is 0.0141. The monoisotopic (exact) mass is 427 g/mol. The van der Waals surface area contributed by atoms with E-state index >= 15 is 0 Å². The van der Waals surface area contributed by atoms with Gasteiger partial charge in [0.1, 0.15) is 0 Å². The van der Waals surface area contributed by atoms with Crippen LogP contribution in [0.15, 0.2) is 57.0 Å². The molecule has 0 atom stereocenters. The molecule has 0 fully saturated rings. The van der Waals surface area contributed by atoms with Crippen molar-refractivity contribution in [3.05, 3.63) is 64.3 Å². The summed E-state index contributed by atoms with van der Waals surface area (Å²) in [7, 11) is 0. The highest BCUT2D eigenvalue weighted by atomic mass is 32.2. The molecule has 0 unspecified atom stereocenters. The van der Waals surface area contributed by atoms with E-state index < -0.39 is 11.5 Å². The molecular weight excluding hydrogens is 410 g/mol. The first-order valence-electron chi connectivity index (χ1n) is 8.62. The van der Waals surface area contributed by atoms with Crippen LogP contribution in [0.3, 0.4) is 0 Å². The molecule has 0 saturated carbocycles. The lowest BCUT2D eigenvalue weighted by Gasteiger charge is -2.08. The SMILES string of the molecule is CC(=O)c1ccc(NC(=O)CSc2nc(N)c(NC(=O)c3ccco3)c(=O)[nH]2)cc1. The summed E-state index contributed by atoms with van der Waals surface area (Å²) in [6.45, 7) is 1.46. The number of aromatic amines is 1. The quantitative estimate of drug-likeness (QED) is 0.253. The van der Waals surface area contributed by atoms with E-state index in [2.05, 4.69) is 20.6 Å². The van der Waals surface area contributed by atoms with Crippen molar-refractivity contribution in [2.45, 2.75) is 12.1 Å². The highest BCUT2D eigenvalue weighted by molar-refractivity contribution is 7.99. The molecule has 3 rings (SSSR count). The summed E-state index contributed by atoms with van der Waals surface area (Å²) >= 11 is 0.965. The molecule has 0 saturated heterocycles. The van der Waals surface area contributed by atoms with Gasteiger partial charge in [-0.3, -0.25) is 24.2 Å². The molecule has 11 heteroatoms. The van der Waals surface area contributed by atoms with Crippen molar-refractivity contribution in [1.82, 2.24) is 9.97 Å². The smallest absolute Gasteiger partial charge is 0.291 e. The van der Waals surface area contributed by atoms with Gasteiger partial charge in [-0.15, -0.1) is 0 Å². The van der Waals surface area contributed by atoms with Crippen LogP contribution in [0.4, 0.5) is 17.2 Å². The predicted molar refractivity (Wildman–Crippen MR) is 112 cm³/mol. The number of nitrogen functional groups attached to an aromatic ring is 1. The van der Waals surface area contributed by atoms with E-state index in [4.69, 9.17) is 10.2 Å². The normalized spacial score (nSPS) is 10.4. The van der Waals surface area contributed by atoms with Gasteiger partial charge in [0, 0.05) is 11.3 Å². The molecule has 3 aromatic rings.